The van der Waals surface area contributed by atoms with Gasteiger partial charge < -0.3 is 14.8 Å². The van der Waals surface area contributed by atoms with E-state index >= 15 is 0 Å². The first kappa shape index (κ1) is 22.2. The van der Waals surface area contributed by atoms with Crippen LogP contribution in [-0.4, -0.2) is 29.1 Å². The Morgan fingerprint density at radius 3 is 2.63 bits per heavy atom. The number of nitrogens with one attached hydrogen (secondary N) is 1. The molecule has 0 saturated carbocycles. The number of rotatable bonds is 5. The lowest BCUT2D eigenvalue weighted by atomic mass is 10.1. The molecule has 0 aliphatic carbocycles. The predicted octanol–water partition coefficient (Wildman–Crippen LogP) is 4.35. The van der Waals surface area contributed by atoms with Crippen LogP contribution < -0.4 is 14.8 Å². The minimum atomic E-state index is -0.431. The molecular formula is C21H22BrN3O4S. The smallest absolute Gasteiger partial charge is 0.241 e. The highest BCUT2D eigenvalue weighted by Crippen LogP contribution is 2.45. The molecule has 1 unspecified atom stereocenters. The number of thioether (sulfide) groups is 1. The minimum absolute atomic E-state index is 0.233. The van der Waals surface area contributed by atoms with Crippen LogP contribution in [-0.2, 0) is 16.2 Å². The summed E-state index contributed by atoms with van der Waals surface area (Å²) < 4.78 is 12.3. The zero-order valence-corrected chi connectivity index (χ0v) is 19.5. The van der Waals surface area contributed by atoms with Gasteiger partial charge in [-0.3, -0.25) is 9.59 Å². The average molecular weight is 492 g/mol. The summed E-state index contributed by atoms with van der Waals surface area (Å²) >= 11 is 4.85. The Labute approximate surface area is 187 Å². The van der Waals surface area contributed by atoms with Gasteiger partial charge in [-0.25, -0.2) is 5.01 Å². The second-order valence-electron chi connectivity index (χ2n) is 6.67. The van der Waals surface area contributed by atoms with Gasteiger partial charge in [-0.05, 0) is 51.7 Å². The Bertz CT molecular complexity index is 1010. The SMILES string of the molecule is COc1cc(C2SC(NC(C)=O)=NN2C(C)=O)cc(Br)c1OCc1ccccc1C. The highest BCUT2D eigenvalue weighted by molar-refractivity contribution is 9.10. The van der Waals surface area contributed by atoms with Crippen molar-refractivity contribution < 1.29 is 19.1 Å². The van der Waals surface area contributed by atoms with Crippen molar-refractivity contribution in [1.29, 1.82) is 0 Å². The quantitative estimate of drug-likeness (QED) is 0.672. The molecule has 2 aromatic carbocycles. The van der Waals surface area contributed by atoms with Gasteiger partial charge in [-0.15, -0.1) is 5.10 Å². The maximum absolute atomic E-state index is 12.1. The molecule has 0 spiro atoms. The van der Waals surface area contributed by atoms with Crippen LogP contribution in [0.15, 0.2) is 46.0 Å². The third-order valence-corrected chi connectivity index (χ3v) is 6.11. The molecule has 1 aliphatic rings. The van der Waals surface area contributed by atoms with E-state index in [1.165, 1.54) is 30.6 Å². The molecule has 0 saturated heterocycles. The normalized spacial score (nSPS) is 15.6. The number of hydrogen-bond donors (Lipinski definition) is 1. The van der Waals surface area contributed by atoms with E-state index in [0.717, 1.165) is 16.7 Å². The molecule has 0 fully saturated rings. The van der Waals surface area contributed by atoms with E-state index in [4.69, 9.17) is 9.47 Å². The van der Waals surface area contributed by atoms with E-state index in [2.05, 4.69) is 26.3 Å². The summed E-state index contributed by atoms with van der Waals surface area (Å²) in [6.45, 7) is 5.26. The number of hydrogen-bond acceptors (Lipinski definition) is 6. The van der Waals surface area contributed by atoms with Gasteiger partial charge in [-0.2, -0.15) is 0 Å². The van der Waals surface area contributed by atoms with Crippen LogP contribution in [0, 0.1) is 6.92 Å². The summed E-state index contributed by atoms with van der Waals surface area (Å²) in [6.07, 6.45) is 0. The van der Waals surface area contributed by atoms with E-state index in [0.29, 0.717) is 27.7 Å². The molecule has 2 aromatic rings. The van der Waals surface area contributed by atoms with Crippen LogP contribution in [0.25, 0.3) is 0 Å². The van der Waals surface area contributed by atoms with E-state index in [-0.39, 0.29) is 11.8 Å². The maximum Gasteiger partial charge on any atom is 0.241 e. The first-order chi connectivity index (χ1) is 14.3. The van der Waals surface area contributed by atoms with Crippen molar-refractivity contribution in [2.45, 2.75) is 32.8 Å². The Morgan fingerprint density at radius 1 is 1.27 bits per heavy atom. The highest BCUT2D eigenvalue weighted by Gasteiger charge is 2.33. The van der Waals surface area contributed by atoms with Crippen LogP contribution in [0.2, 0.25) is 0 Å². The molecule has 0 radical (unpaired) electrons. The van der Waals surface area contributed by atoms with Gasteiger partial charge in [0.1, 0.15) is 12.0 Å². The molecule has 1 atom stereocenters. The zero-order chi connectivity index (χ0) is 21.8. The standard InChI is InChI=1S/C21H22BrN3O4S/c1-12-7-5-6-8-15(12)11-29-19-17(22)9-16(10-18(19)28-4)20-25(14(3)27)24-21(30-20)23-13(2)26/h5-10,20H,11H2,1-4H3,(H,23,24,26). The fourth-order valence-electron chi connectivity index (χ4n) is 2.92. The van der Waals surface area contributed by atoms with E-state index in [9.17, 15) is 9.59 Å². The van der Waals surface area contributed by atoms with Gasteiger partial charge in [0.25, 0.3) is 0 Å². The Hall–Kier alpha value is -2.52. The van der Waals surface area contributed by atoms with Gasteiger partial charge in [0.05, 0.1) is 11.6 Å². The average Bonchev–Trinajstić information content (AvgIpc) is 3.11. The largest absolute Gasteiger partial charge is 0.493 e. The molecule has 0 aromatic heterocycles. The van der Waals surface area contributed by atoms with E-state index in [1.807, 2.05) is 43.3 Å². The summed E-state index contributed by atoms with van der Waals surface area (Å²) in [5.41, 5.74) is 3.01. The molecule has 0 bridgehead atoms. The molecule has 1 N–H and O–H groups in total. The number of aryl methyl sites for hydroxylation is 1. The van der Waals surface area contributed by atoms with Crippen molar-refractivity contribution in [2.75, 3.05) is 7.11 Å². The zero-order valence-electron chi connectivity index (χ0n) is 17.1. The van der Waals surface area contributed by atoms with Crippen molar-refractivity contribution >= 4 is 44.7 Å². The molecule has 7 nitrogen and oxygen atoms in total. The Balaban J connectivity index is 1.87. The first-order valence-corrected chi connectivity index (χ1v) is 10.8. The van der Waals surface area contributed by atoms with E-state index in [1.54, 1.807) is 7.11 Å². The minimum Gasteiger partial charge on any atom is -0.493 e. The van der Waals surface area contributed by atoms with Gasteiger partial charge >= 0.3 is 0 Å². The van der Waals surface area contributed by atoms with Gasteiger partial charge in [0, 0.05) is 13.8 Å². The number of hydrazone groups is 1. The van der Waals surface area contributed by atoms with Gasteiger partial charge in [0.2, 0.25) is 11.8 Å². The molecule has 9 heteroatoms. The lowest BCUT2D eigenvalue weighted by Gasteiger charge is -2.21. The number of amides is 2. The topological polar surface area (TPSA) is 80.2 Å². The highest BCUT2D eigenvalue weighted by atomic mass is 79.9. The Morgan fingerprint density at radius 2 is 2.00 bits per heavy atom. The van der Waals surface area contributed by atoms with E-state index < -0.39 is 5.37 Å². The maximum atomic E-state index is 12.1. The second kappa shape index (κ2) is 9.53. The predicted molar refractivity (Wildman–Crippen MR) is 120 cm³/mol. The second-order valence-corrected chi connectivity index (χ2v) is 8.59. The molecule has 1 heterocycles. The summed E-state index contributed by atoms with van der Waals surface area (Å²) in [6, 6.07) is 11.7. The molecule has 2 amide bonds. The third kappa shape index (κ3) is 4.96. The van der Waals surface area contributed by atoms with Gasteiger partial charge in [0.15, 0.2) is 16.7 Å². The van der Waals surface area contributed by atoms with Crippen LogP contribution in [0.1, 0.15) is 35.9 Å². The molecule has 3 rings (SSSR count). The molecule has 158 valence electrons. The monoisotopic (exact) mass is 491 g/mol. The van der Waals surface area contributed by atoms with Gasteiger partial charge in [-0.1, -0.05) is 36.0 Å². The van der Waals surface area contributed by atoms with Crippen LogP contribution in [0.4, 0.5) is 0 Å². The number of benzene rings is 2. The summed E-state index contributed by atoms with van der Waals surface area (Å²) in [7, 11) is 1.57. The van der Waals surface area contributed by atoms with Crippen molar-refractivity contribution in [3.8, 4) is 11.5 Å². The van der Waals surface area contributed by atoms with Crippen LogP contribution in [0.3, 0.4) is 0 Å². The lowest BCUT2D eigenvalue weighted by molar-refractivity contribution is -0.129. The fraction of sp³-hybridized carbons (Fsp3) is 0.286. The molecule has 1 aliphatic heterocycles. The van der Waals surface area contributed by atoms with Crippen molar-refractivity contribution in [2.24, 2.45) is 5.10 Å². The first-order valence-electron chi connectivity index (χ1n) is 9.17. The summed E-state index contributed by atoms with van der Waals surface area (Å²) in [5.74, 6) is 0.627. The number of methoxy groups -OCH3 is 1. The number of halogens is 1. The molecular weight excluding hydrogens is 470 g/mol. The van der Waals surface area contributed by atoms with Crippen molar-refractivity contribution in [3.05, 3.63) is 57.6 Å². The summed E-state index contributed by atoms with van der Waals surface area (Å²) in [4.78, 5) is 23.5. The number of amidine groups is 1. The van der Waals surface area contributed by atoms with Crippen LogP contribution in [0.5, 0.6) is 11.5 Å². The summed E-state index contributed by atoms with van der Waals surface area (Å²) in [5, 5.41) is 8.14. The third-order valence-electron chi connectivity index (χ3n) is 4.42. The fourth-order valence-corrected chi connectivity index (χ4v) is 4.61. The molecule has 30 heavy (non-hydrogen) atoms. The number of carbonyl (C=O) groups is 2. The van der Waals surface area contributed by atoms with Crippen molar-refractivity contribution in [3.63, 3.8) is 0 Å². The van der Waals surface area contributed by atoms with Crippen molar-refractivity contribution in [1.82, 2.24) is 10.3 Å². The number of ether oxygens (including phenoxy) is 2. The number of nitrogens with zero attached hydrogens (tertiary/aromatic N) is 2. The number of carbonyl (C=O) groups excluding carboxylic acids is 2. The Kier molecular flexibility index (Phi) is 7.04. The van der Waals surface area contributed by atoms with Crippen LogP contribution >= 0.6 is 27.7 Å². The lowest BCUT2D eigenvalue weighted by Crippen LogP contribution is -2.25.